The Morgan fingerprint density at radius 2 is 1.77 bits per heavy atom. The van der Waals surface area contributed by atoms with Crippen molar-refractivity contribution in [3.63, 3.8) is 0 Å². The third-order valence-electron chi connectivity index (χ3n) is 5.83. The van der Waals surface area contributed by atoms with Crippen molar-refractivity contribution in [2.45, 2.75) is 18.4 Å². The molecule has 4 rings (SSSR count). The summed E-state index contributed by atoms with van der Waals surface area (Å²) in [6, 6.07) is 18.8. The molecule has 160 valence electrons. The van der Waals surface area contributed by atoms with Crippen molar-refractivity contribution in [3.05, 3.63) is 59.7 Å². The van der Waals surface area contributed by atoms with E-state index in [9.17, 15) is 4.79 Å². The van der Waals surface area contributed by atoms with Crippen LogP contribution in [0.2, 0.25) is 0 Å². The lowest BCUT2D eigenvalue weighted by Gasteiger charge is -2.32. The molecule has 2 aromatic carbocycles. The van der Waals surface area contributed by atoms with Crippen LogP contribution in [-0.2, 0) is 4.79 Å². The largest absolute Gasteiger partial charge is 0.339 e. The van der Waals surface area contributed by atoms with Crippen molar-refractivity contribution in [1.82, 2.24) is 15.1 Å². The van der Waals surface area contributed by atoms with Gasteiger partial charge in [-0.05, 0) is 42.3 Å². The van der Waals surface area contributed by atoms with Gasteiger partial charge in [-0.3, -0.25) is 4.79 Å². The summed E-state index contributed by atoms with van der Waals surface area (Å²) >= 11 is 0. The SMILES string of the molecule is CN1CCN(C(=O)CN[C@@H]2C[C@H]2c2ccc(-c3cccc(C#N)c3)cc2)CC1.Cl.Cl. The molecule has 0 unspecified atom stereocenters. The van der Waals surface area contributed by atoms with E-state index in [1.54, 1.807) is 0 Å². The number of carbonyl (C=O) groups excluding carboxylic acids is 1. The van der Waals surface area contributed by atoms with Crippen molar-refractivity contribution in [2.24, 2.45) is 0 Å². The van der Waals surface area contributed by atoms with Crippen LogP contribution < -0.4 is 5.32 Å². The Bertz CT molecular complexity index is 889. The molecular formula is C23H28Cl2N4O. The maximum Gasteiger partial charge on any atom is 0.236 e. The molecule has 1 aliphatic heterocycles. The van der Waals surface area contributed by atoms with Gasteiger partial charge < -0.3 is 15.1 Å². The Hall–Kier alpha value is -2.10. The van der Waals surface area contributed by atoms with E-state index >= 15 is 0 Å². The molecule has 2 aliphatic rings. The van der Waals surface area contributed by atoms with Gasteiger partial charge in [0.25, 0.3) is 0 Å². The van der Waals surface area contributed by atoms with Gasteiger partial charge in [0, 0.05) is 38.1 Å². The number of hydrogen-bond donors (Lipinski definition) is 1. The van der Waals surface area contributed by atoms with Gasteiger partial charge in [-0.2, -0.15) is 5.26 Å². The summed E-state index contributed by atoms with van der Waals surface area (Å²) < 4.78 is 0. The van der Waals surface area contributed by atoms with Gasteiger partial charge in [-0.15, -0.1) is 24.8 Å². The third-order valence-corrected chi connectivity index (χ3v) is 5.83. The van der Waals surface area contributed by atoms with E-state index < -0.39 is 0 Å². The molecule has 2 aromatic rings. The molecule has 1 heterocycles. The fraction of sp³-hybridized carbons (Fsp3) is 0.391. The van der Waals surface area contributed by atoms with Crippen LogP contribution >= 0.6 is 24.8 Å². The Morgan fingerprint density at radius 3 is 2.43 bits per heavy atom. The first kappa shape index (κ1) is 24.2. The first-order valence-corrected chi connectivity index (χ1v) is 9.94. The molecular weight excluding hydrogens is 419 g/mol. The highest BCUT2D eigenvalue weighted by atomic mass is 35.5. The minimum atomic E-state index is 0. The normalized spacial score (nSPS) is 20.5. The van der Waals surface area contributed by atoms with E-state index in [2.05, 4.69) is 47.6 Å². The predicted octanol–water partition coefficient (Wildman–Crippen LogP) is 3.29. The molecule has 7 heteroatoms. The van der Waals surface area contributed by atoms with Crippen LogP contribution in [0.1, 0.15) is 23.5 Å². The number of nitrogens with one attached hydrogen (secondary N) is 1. The van der Waals surface area contributed by atoms with E-state index in [1.807, 2.05) is 29.2 Å². The van der Waals surface area contributed by atoms with Gasteiger partial charge in [0.2, 0.25) is 5.91 Å². The molecule has 1 aliphatic carbocycles. The lowest BCUT2D eigenvalue weighted by atomic mass is 10.0. The summed E-state index contributed by atoms with van der Waals surface area (Å²) in [4.78, 5) is 16.6. The number of nitriles is 1. The molecule has 2 fully saturated rings. The summed E-state index contributed by atoms with van der Waals surface area (Å²) in [6.45, 7) is 4.02. The van der Waals surface area contributed by atoms with Crippen molar-refractivity contribution in [2.75, 3.05) is 39.8 Å². The number of benzene rings is 2. The van der Waals surface area contributed by atoms with Gasteiger partial charge in [0.05, 0.1) is 18.2 Å². The second-order valence-electron chi connectivity index (χ2n) is 7.83. The number of nitrogens with zero attached hydrogens (tertiary/aromatic N) is 3. The standard InChI is InChI=1S/C23H26N4O.2ClH/c1-26-9-11-27(12-10-26)23(28)16-25-22-14-21(22)19-7-5-18(6-8-19)20-4-2-3-17(13-20)15-24;;/h2-8,13,21-22,25H,9-12,14,16H2,1H3;2*1H/t21-,22+;;/m0../s1. The summed E-state index contributed by atoms with van der Waals surface area (Å²) in [5, 5.41) is 12.5. The first-order chi connectivity index (χ1) is 13.6. The second-order valence-corrected chi connectivity index (χ2v) is 7.83. The molecule has 5 nitrogen and oxygen atoms in total. The topological polar surface area (TPSA) is 59.4 Å². The van der Waals surface area contributed by atoms with Gasteiger partial charge >= 0.3 is 0 Å². The fourth-order valence-electron chi connectivity index (χ4n) is 3.87. The van der Waals surface area contributed by atoms with E-state index in [1.165, 1.54) is 5.56 Å². The smallest absolute Gasteiger partial charge is 0.236 e. The zero-order valence-electron chi connectivity index (χ0n) is 17.1. The maximum absolute atomic E-state index is 12.4. The predicted molar refractivity (Wildman–Crippen MR) is 124 cm³/mol. The second kappa shape index (κ2) is 10.8. The van der Waals surface area contributed by atoms with Crippen molar-refractivity contribution >= 4 is 30.7 Å². The summed E-state index contributed by atoms with van der Waals surface area (Å²) in [5.74, 6) is 0.700. The zero-order valence-corrected chi connectivity index (χ0v) is 18.7. The van der Waals surface area contributed by atoms with Crippen LogP contribution in [0.5, 0.6) is 0 Å². The zero-order chi connectivity index (χ0) is 19.5. The summed E-state index contributed by atoms with van der Waals surface area (Å²) in [6.07, 6.45) is 1.08. The number of halogens is 2. The number of rotatable bonds is 5. The first-order valence-electron chi connectivity index (χ1n) is 9.94. The number of hydrogen-bond acceptors (Lipinski definition) is 4. The van der Waals surface area contributed by atoms with Gasteiger partial charge in [-0.1, -0.05) is 36.4 Å². The Labute approximate surface area is 190 Å². The molecule has 1 saturated heterocycles. The molecule has 0 bridgehead atoms. The van der Waals surface area contributed by atoms with Crippen LogP contribution in [0.25, 0.3) is 11.1 Å². The molecule has 30 heavy (non-hydrogen) atoms. The van der Waals surface area contributed by atoms with Crippen molar-refractivity contribution in [3.8, 4) is 17.2 Å². The van der Waals surface area contributed by atoms with Crippen LogP contribution in [0.15, 0.2) is 48.5 Å². The van der Waals surface area contributed by atoms with Crippen LogP contribution in [0.3, 0.4) is 0 Å². The molecule has 1 saturated carbocycles. The Morgan fingerprint density at radius 1 is 1.07 bits per heavy atom. The van der Waals surface area contributed by atoms with Gasteiger partial charge in [0.1, 0.15) is 0 Å². The molecule has 1 N–H and O–H groups in total. The highest BCUT2D eigenvalue weighted by Crippen LogP contribution is 2.41. The molecule has 0 radical (unpaired) electrons. The van der Waals surface area contributed by atoms with Crippen molar-refractivity contribution in [1.29, 1.82) is 5.26 Å². The highest BCUT2D eigenvalue weighted by Gasteiger charge is 2.38. The van der Waals surface area contributed by atoms with E-state index in [-0.39, 0.29) is 30.7 Å². The molecule has 2 atom stereocenters. The van der Waals surface area contributed by atoms with Gasteiger partial charge in [0.15, 0.2) is 0 Å². The number of carbonyl (C=O) groups is 1. The summed E-state index contributed by atoms with van der Waals surface area (Å²) in [7, 11) is 2.10. The maximum atomic E-state index is 12.4. The fourth-order valence-corrected chi connectivity index (χ4v) is 3.87. The Balaban J connectivity index is 0.00000160. The number of amides is 1. The minimum absolute atomic E-state index is 0. The molecule has 1 amide bonds. The van der Waals surface area contributed by atoms with E-state index in [0.29, 0.717) is 24.1 Å². The van der Waals surface area contributed by atoms with Crippen LogP contribution in [-0.4, -0.2) is 61.5 Å². The van der Waals surface area contributed by atoms with Gasteiger partial charge in [-0.25, -0.2) is 0 Å². The minimum Gasteiger partial charge on any atom is -0.339 e. The number of piperazine rings is 1. The van der Waals surface area contributed by atoms with E-state index in [4.69, 9.17) is 5.26 Å². The average Bonchev–Trinajstić information content (AvgIpc) is 3.52. The average molecular weight is 447 g/mol. The highest BCUT2D eigenvalue weighted by molar-refractivity contribution is 5.85. The molecule has 0 aromatic heterocycles. The summed E-state index contributed by atoms with van der Waals surface area (Å²) in [5.41, 5.74) is 4.17. The van der Waals surface area contributed by atoms with Crippen molar-refractivity contribution < 1.29 is 4.79 Å². The Kier molecular flexibility index (Phi) is 8.69. The van der Waals surface area contributed by atoms with Crippen LogP contribution in [0, 0.1) is 11.3 Å². The monoisotopic (exact) mass is 446 g/mol. The van der Waals surface area contributed by atoms with E-state index in [0.717, 1.165) is 43.7 Å². The lowest BCUT2D eigenvalue weighted by molar-refractivity contribution is -0.131. The lowest BCUT2D eigenvalue weighted by Crippen LogP contribution is -2.49. The number of likely N-dealkylation sites (N-methyl/N-ethyl adjacent to an activating group) is 1. The quantitative estimate of drug-likeness (QED) is 0.765. The van der Waals surface area contributed by atoms with Crippen LogP contribution in [0.4, 0.5) is 0 Å². The molecule has 0 spiro atoms. The third kappa shape index (κ3) is 5.74.